The number of carbonyl (C=O) groups is 1. The molecule has 2 saturated heterocycles. The molecule has 0 aromatic carbocycles. The van der Waals surface area contributed by atoms with Gasteiger partial charge < -0.3 is 14.6 Å². The maximum absolute atomic E-state index is 12.9. The lowest BCUT2D eigenvalue weighted by Gasteiger charge is -2.26. The molecule has 170 valence electrons. The van der Waals surface area contributed by atoms with Crippen LogP contribution in [-0.2, 0) is 16.1 Å². The number of aromatic nitrogens is 1. The summed E-state index contributed by atoms with van der Waals surface area (Å²) in [5.41, 5.74) is 3.25. The highest BCUT2D eigenvalue weighted by Gasteiger charge is 2.25. The van der Waals surface area contributed by atoms with E-state index in [0.717, 1.165) is 56.0 Å². The van der Waals surface area contributed by atoms with Gasteiger partial charge in [0.25, 0.3) is 5.91 Å². The van der Waals surface area contributed by atoms with Crippen LogP contribution in [0.5, 0.6) is 0 Å². The first kappa shape index (κ1) is 22.8. The van der Waals surface area contributed by atoms with Gasteiger partial charge in [-0.3, -0.25) is 9.69 Å². The van der Waals surface area contributed by atoms with Crippen LogP contribution in [0.4, 0.5) is 0 Å². The maximum atomic E-state index is 12.9. The van der Waals surface area contributed by atoms with Gasteiger partial charge in [0.1, 0.15) is 11.6 Å². The number of hydrogen-bond acceptors (Lipinski definition) is 5. The zero-order valence-electron chi connectivity index (χ0n) is 19.0. The predicted molar refractivity (Wildman–Crippen MR) is 127 cm³/mol. The van der Waals surface area contributed by atoms with E-state index in [1.54, 1.807) is 17.4 Å². The van der Waals surface area contributed by atoms with Crippen molar-refractivity contribution in [2.75, 3.05) is 26.2 Å². The third-order valence-electron chi connectivity index (χ3n) is 6.60. The van der Waals surface area contributed by atoms with Gasteiger partial charge in [-0.15, -0.1) is 11.3 Å². The number of amides is 1. The number of ether oxygens (including phenoxy) is 1. The van der Waals surface area contributed by atoms with E-state index in [-0.39, 0.29) is 23.6 Å². The molecule has 0 bridgehead atoms. The zero-order valence-corrected chi connectivity index (χ0v) is 19.8. The van der Waals surface area contributed by atoms with Crippen LogP contribution in [0.2, 0.25) is 0 Å². The number of nitrogens with one attached hydrogen (secondary N) is 1. The Kier molecular flexibility index (Phi) is 7.46. The monoisotopic (exact) mass is 452 g/mol. The lowest BCUT2D eigenvalue weighted by molar-refractivity contribution is -0.117. The van der Waals surface area contributed by atoms with Gasteiger partial charge in [0.15, 0.2) is 0 Å². The molecule has 0 radical (unpaired) electrons. The number of nitriles is 1. The maximum Gasteiger partial charge on any atom is 0.262 e. The van der Waals surface area contributed by atoms with Crippen molar-refractivity contribution in [3.05, 3.63) is 51.0 Å². The number of hydrogen-bond donors (Lipinski definition) is 1. The summed E-state index contributed by atoms with van der Waals surface area (Å²) in [5.74, 6) is -0.308. The number of rotatable bonds is 8. The van der Waals surface area contributed by atoms with Crippen molar-refractivity contribution in [2.45, 2.75) is 58.2 Å². The van der Waals surface area contributed by atoms with Crippen molar-refractivity contribution in [1.29, 1.82) is 5.26 Å². The second kappa shape index (κ2) is 10.5. The third-order valence-corrected chi connectivity index (χ3v) is 7.57. The van der Waals surface area contributed by atoms with E-state index < -0.39 is 0 Å². The van der Waals surface area contributed by atoms with Crippen molar-refractivity contribution >= 4 is 23.3 Å². The molecule has 0 aliphatic carbocycles. The average Bonchev–Trinajstić information content (AvgIpc) is 3.59. The Morgan fingerprint density at radius 2 is 2.19 bits per heavy atom. The van der Waals surface area contributed by atoms with Crippen molar-refractivity contribution in [3.63, 3.8) is 0 Å². The molecule has 2 aliphatic heterocycles. The molecule has 2 aliphatic rings. The van der Waals surface area contributed by atoms with Gasteiger partial charge >= 0.3 is 0 Å². The third kappa shape index (κ3) is 5.15. The standard InChI is InChI=1S/C25H32N4O2S/c1-18-13-20(19(2)29(18)17-22-7-5-11-31-22)14-21(15-26)25(30)27-16-23(24-8-6-12-32-24)28-9-3-4-10-28/h6,8,12-14,22-23H,3-5,7,9-11,16-17H2,1-2H3,(H,27,30)/b21-14+. The molecule has 0 spiro atoms. The van der Waals surface area contributed by atoms with Crippen LogP contribution in [0.3, 0.4) is 0 Å². The highest BCUT2D eigenvalue weighted by molar-refractivity contribution is 7.10. The molecule has 2 unspecified atom stereocenters. The molecule has 2 fully saturated rings. The predicted octanol–water partition coefficient (Wildman–Crippen LogP) is 4.21. The number of nitrogens with zero attached hydrogens (tertiary/aromatic N) is 3. The summed E-state index contributed by atoms with van der Waals surface area (Å²) < 4.78 is 8.02. The Morgan fingerprint density at radius 1 is 1.38 bits per heavy atom. The van der Waals surface area contributed by atoms with Crippen molar-refractivity contribution in [1.82, 2.24) is 14.8 Å². The van der Waals surface area contributed by atoms with E-state index in [9.17, 15) is 10.1 Å². The fourth-order valence-corrected chi connectivity index (χ4v) is 5.64. The van der Waals surface area contributed by atoms with Crippen LogP contribution in [0, 0.1) is 25.2 Å². The molecule has 32 heavy (non-hydrogen) atoms. The van der Waals surface area contributed by atoms with Gasteiger partial charge in [0.2, 0.25) is 0 Å². The Balaban J connectivity index is 1.46. The lowest BCUT2D eigenvalue weighted by atomic mass is 10.1. The van der Waals surface area contributed by atoms with Gasteiger partial charge in [-0.1, -0.05) is 6.07 Å². The van der Waals surface area contributed by atoms with Crippen LogP contribution < -0.4 is 5.32 Å². The quantitative estimate of drug-likeness (QED) is 0.481. The molecule has 6 nitrogen and oxygen atoms in total. The highest BCUT2D eigenvalue weighted by atomic mass is 32.1. The van der Waals surface area contributed by atoms with Gasteiger partial charge in [-0.2, -0.15) is 5.26 Å². The van der Waals surface area contributed by atoms with Gasteiger partial charge in [-0.05, 0) is 81.8 Å². The first-order valence-corrected chi connectivity index (χ1v) is 12.4. The summed E-state index contributed by atoms with van der Waals surface area (Å²) in [6.07, 6.45) is 6.55. The summed E-state index contributed by atoms with van der Waals surface area (Å²) >= 11 is 1.72. The molecule has 4 rings (SSSR count). The summed E-state index contributed by atoms with van der Waals surface area (Å²) in [7, 11) is 0. The molecule has 4 heterocycles. The minimum absolute atomic E-state index is 0.147. The molecule has 2 aromatic rings. The molecule has 1 N–H and O–H groups in total. The van der Waals surface area contributed by atoms with Gasteiger partial charge in [0.05, 0.1) is 12.1 Å². The fourth-order valence-electron chi connectivity index (χ4n) is 4.78. The van der Waals surface area contributed by atoms with Crippen LogP contribution in [0.15, 0.2) is 29.2 Å². The van der Waals surface area contributed by atoms with Crippen LogP contribution in [-0.4, -0.2) is 47.7 Å². The average molecular weight is 453 g/mol. The number of thiophene rings is 1. The molecule has 1 amide bonds. The topological polar surface area (TPSA) is 70.3 Å². The SMILES string of the molecule is Cc1cc(/C=C(\C#N)C(=O)NCC(c2cccs2)N2CCCC2)c(C)n1CC1CCCO1. The summed E-state index contributed by atoms with van der Waals surface area (Å²) in [5, 5.41) is 14.8. The Labute approximate surface area is 194 Å². The molecule has 2 aromatic heterocycles. The first-order chi connectivity index (χ1) is 15.6. The lowest BCUT2D eigenvalue weighted by Crippen LogP contribution is -2.36. The second-order valence-electron chi connectivity index (χ2n) is 8.73. The minimum Gasteiger partial charge on any atom is -0.376 e. The largest absolute Gasteiger partial charge is 0.376 e. The van der Waals surface area contributed by atoms with Crippen molar-refractivity contribution < 1.29 is 9.53 Å². The van der Waals surface area contributed by atoms with E-state index in [0.29, 0.717) is 6.54 Å². The Morgan fingerprint density at radius 3 is 2.84 bits per heavy atom. The highest BCUT2D eigenvalue weighted by Crippen LogP contribution is 2.28. The Hall–Kier alpha value is -2.40. The second-order valence-corrected chi connectivity index (χ2v) is 9.71. The van der Waals surface area contributed by atoms with Crippen molar-refractivity contribution in [3.8, 4) is 6.07 Å². The molecule has 2 atom stereocenters. The molecule has 0 saturated carbocycles. The van der Waals surface area contributed by atoms with Crippen LogP contribution >= 0.6 is 11.3 Å². The van der Waals surface area contributed by atoms with Gasteiger partial charge in [0, 0.05) is 36.0 Å². The fraction of sp³-hybridized carbons (Fsp3) is 0.520. The van der Waals surface area contributed by atoms with E-state index in [2.05, 4.69) is 45.3 Å². The molecule has 7 heteroatoms. The molecular weight excluding hydrogens is 420 g/mol. The summed E-state index contributed by atoms with van der Waals surface area (Å²) in [4.78, 5) is 16.6. The van der Waals surface area contributed by atoms with E-state index in [1.807, 2.05) is 13.0 Å². The van der Waals surface area contributed by atoms with Gasteiger partial charge in [-0.25, -0.2) is 0 Å². The summed E-state index contributed by atoms with van der Waals surface area (Å²) in [6.45, 7) is 8.37. The van der Waals surface area contributed by atoms with Crippen molar-refractivity contribution in [2.24, 2.45) is 0 Å². The number of aryl methyl sites for hydroxylation is 1. The Bertz CT molecular complexity index is 990. The smallest absolute Gasteiger partial charge is 0.262 e. The summed E-state index contributed by atoms with van der Waals surface area (Å²) in [6, 6.07) is 8.51. The van der Waals surface area contributed by atoms with E-state index >= 15 is 0 Å². The van der Waals surface area contributed by atoms with E-state index in [1.165, 1.54) is 17.7 Å². The van der Waals surface area contributed by atoms with Crippen LogP contribution in [0.1, 0.15) is 53.6 Å². The van der Waals surface area contributed by atoms with Crippen LogP contribution in [0.25, 0.3) is 6.08 Å². The normalized spacial score (nSPS) is 20.4. The first-order valence-electron chi connectivity index (χ1n) is 11.5. The number of likely N-dealkylation sites (tertiary alicyclic amines) is 1. The zero-order chi connectivity index (χ0) is 22.5. The number of carbonyl (C=O) groups excluding carboxylic acids is 1. The van der Waals surface area contributed by atoms with E-state index in [4.69, 9.17) is 4.74 Å². The molecular formula is C25H32N4O2S. The minimum atomic E-state index is -0.308.